The fraction of sp³-hybridized carbons (Fsp3) is 1.00. The molecule has 10 heavy (non-hydrogen) atoms. The third-order valence-electron chi connectivity index (χ3n) is 1.94. The van der Waals surface area contributed by atoms with Crippen molar-refractivity contribution in [2.75, 3.05) is 13.2 Å². The Hall–Kier alpha value is -0.160. The van der Waals surface area contributed by atoms with Gasteiger partial charge in [0.25, 0.3) is 0 Å². The molecule has 60 valence electrons. The first-order valence-electron chi connectivity index (χ1n) is 3.32. The highest BCUT2D eigenvalue weighted by Gasteiger charge is 2.42. The Morgan fingerprint density at radius 1 is 1.70 bits per heavy atom. The molecule has 1 saturated heterocycles. The molecule has 0 spiro atoms. The Morgan fingerprint density at radius 2 is 2.30 bits per heavy atom. The molecule has 4 nitrogen and oxygen atoms in total. The van der Waals surface area contributed by atoms with Crippen molar-refractivity contribution < 1.29 is 15.3 Å². The van der Waals surface area contributed by atoms with Crippen LogP contribution in [0.2, 0.25) is 0 Å². The van der Waals surface area contributed by atoms with Gasteiger partial charge < -0.3 is 20.6 Å². The standard InChI is InChI=1S/C6H13NO3/c1-6(10)3-7-4(2-8)5(6)9/h4-5,7-10H,2-3H2,1H3/t4-,5+,6-/m1/s1. The summed E-state index contributed by atoms with van der Waals surface area (Å²) in [5.74, 6) is 0. The summed E-state index contributed by atoms with van der Waals surface area (Å²) in [6.07, 6.45) is -0.863. The molecule has 0 aromatic rings. The lowest BCUT2D eigenvalue weighted by molar-refractivity contribution is -0.0411. The number of aliphatic hydroxyl groups excluding tert-OH is 2. The Bertz CT molecular complexity index is 126. The lowest BCUT2D eigenvalue weighted by Gasteiger charge is -2.21. The van der Waals surface area contributed by atoms with Gasteiger partial charge in [-0.2, -0.15) is 0 Å². The minimum absolute atomic E-state index is 0.142. The molecule has 0 aliphatic carbocycles. The molecule has 1 rings (SSSR count). The van der Waals surface area contributed by atoms with E-state index in [0.717, 1.165) is 0 Å². The van der Waals surface area contributed by atoms with Crippen molar-refractivity contribution in [3.05, 3.63) is 0 Å². The molecule has 1 heterocycles. The first-order chi connectivity index (χ1) is 4.58. The zero-order chi connectivity index (χ0) is 7.78. The average Bonchev–Trinajstić information content (AvgIpc) is 2.10. The normalized spacial score (nSPS) is 48.0. The van der Waals surface area contributed by atoms with Crippen LogP contribution in [0.15, 0.2) is 0 Å². The van der Waals surface area contributed by atoms with Gasteiger partial charge >= 0.3 is 0 Å². The van der Waals surface area contributed by atoms with E-state index >= 15 is 0 Å². The largest absolute Gasteiger partial charge is 0.395 e. The molecule has 1 aliphatic heterocycles. The number of hydrogen-bond acceptors (Lipinski definition) is 4. The first-order valence-corrected chi connectivity index (χ1v) is 3.32. The van der Waals surface area contributed by atoms with Crippen LogP contribution in [0.5, 0.6) is 0 Å². The summed E-state index contributed by atoms with van der Waals surface area (Å²) in [5, 5.41) is 30.0. The molecule has 1 aliphatic rings. The summed E-state index contributed by atoms with van der Waals surface area (Å²) < 4.78 is 0. The van der Waals surface area contributed by atoms with Crippen molar-refractivity contribution in [2.45, 2.75) is 24.7 Å². The van der Waals surface area contributed by atoms with Crippen LogP contribution >= 0.6 is 0 Å². The molecule has 4 heteroatoms. The monoisotopic (exact) mass is 147 g/mol. The van der Waals surface area contributed by atoms with Crippen molar-refractivity contribution in [1.82, 2.24) is 5.32 Å². The predicted molar refractivity (Wildman–Crippen MR) is 35.5 cm³/mol. The maximum Gasteiger partial charge on any atom is 0.102 e. The van der Waals surface area contributed by atoms with E-state index in [1.165, 1.54) is 0 Å². The molecule has 0 aromatic carbocycles. The Morgan fingerprint density at radius 3 is 2.50 bits per heavy atom. The fourth-order valence-electron chi connectivity index (χ4n) is 1.15. The maximum atomic E-state index is 9.34. The highest BCUT2D eigenvalue weighted by molar-refractivity contribution is 4.99. The van der Waals surface area contributed by atoms with Gasteiger partial charge in [-0.05, 0) is 6.92 Å². The van der Waals surface area contributed by atoms with Crippen LogP contribution in [-0.2, 0) is 0 Å². The summed E-state index contributed by atoms with van der Waals surface area (Å²) in [7, 11) is 0. The zero-order valence-electron chi connectivity index (χ0n) is 5.91. The first kappa shape index (κ1) is 7.94. The smallest absolute Gasteiger partial charge is 0.102 e. The molecule has 0 radical (unpaired) electrons. The van der Waals surface area contributed by atoms with E-state index in [1.807, 2.05) is 0 Å². The van der Waals surface area contributed by atoms with Crippen molar-refractivity contribution >= 4 is 0 Å². The van der Waals surface area contributed by atoms with Crippen LogP contribution in [0.25, 0.3) is 0 Å². The van der Waals surface area contributed by atoms with Crippen LogP contribution in [0.3, 0.4) is 0 Å². The highest BCUT2D eigenvalue weighted by atomic mass is 16.3. The quantitative estimate of drug-likeness (QED) is 0.348. The van der Waals surface area contributed by atoms with E-state index in [4.69, 9.17) is 5.11 Å². The zero-order valence-corrected chi connectivity index (χ0v) is 5.91. The summed E-state index contributed by atoms with van der Waals surface area (Å²) in [6, 6.07) is -0.380. The second-order valence-corrected chi connectivity index (χ2v) is 2.97. The topological polar surface area (TPSA) is 72.7 Å². The molecule has 0 bridgehead atoms. The maximum absolute atomic E-state index is 9.34. The van der Waals surface area contributed by atoms with Crippen LogP contribution < -0.4 is 5.32 Å². The number of aliphatic hydroxyl groups is 3. The van der Waals surface area contributed by atoms with Crippen LogP contribution in [0, 0.1) is 0 Å². The third-order valence-corrected chi connectivity index (χ3v) is 1.94. The molecular weight excluding hydrogens is 134 g/mol. The van der Waals surface area contributed by atoms with Gasteiger partial charge in [0.05, 0.1) is 12.6 Å². The summed E-state index contributed by atoms with van der Waals surface area (Å²) in [6.45, 7) is 1.73. The lowest BCUT2D eigenvalue weighted by atomic mass is 10.00. The van der Waals surface area contributed by atoms with Crippen molar-refractivity contribution in [3.63, 3.8) is 0 Å². The minimum Gasteiger partial charge on any atom is -0.395 e. The second-order valence-electron chi connectivity index (χ2n) is 2.97. The number of nitrogens with one attached hydrogen (secondary N) is 1. The molecule has 0 amide bonds. The third kappa shape index (κ3) is 1.15. The number of hydrogen-bond donors (Lipinski definition) is 4. The number of rotatable bonds is 1. The van der Waals surface area contributed by atoms with E-state index in [9.17, 15) is 10.2 Å². The SMILES string of the molecule is C[C@@]1(O)CN[C@H](CO)[C@@H]1O. The Labute approximate surface area is 59.5 Å². The van der Waals surface area contributed by atoms with E-state index in [0.29, 0.717) is 6.54 Å². The van der Waals surface area contributed by atoms with Gasteiger partial charge in [0.15, 0.2) is 0 Å². The van der Waals surface area contributed by atoms with Crippen LogP contribution in [0.1, 0.15) is 6.92 Å². The van der Waals surface area contributed by atoms with E-state index in [-0.39, 0.29) is 12.6 Å². The van der Waals surface area contributed by atoms with E-state index in [1.54, 1.807) is 6.92 Å². The molecule has 0 unspecified atom stereocenters. The average molecular weight is 147 g/mol. The summed E-state index contributed by atoms with van der Waals surface area (Å²) in [5.41, 5.74) is -1.09. The van der Waals surface area contributed by atoms with E-state index in [2.05, 4.69) is 5.32 Å². The molecule has 1 fully saturated rings. The minimum atomic E-state index is -1.09. The van der Waals surface area contributed by atoms with Gasteiger partial charge in [0, 0.05) is 6.54 Å². The summed E-state index contributed by atoms with van der Waals surface area (Å²) in [4.78, 5) is 0. The van der Waals surface area contributed by atoms with Crippen molar-refractivity contribution in [3.8, 4) is 0 Å². The van der Waals surface area contributed by atoms with Crippen molar-refractivity contribution in [2.24, 2.45) is 0 Å². The second kappa shape index (κ2) is 2.47. The van der Waals surface area contributed by atoms with Gasteiger partial charge in [-0.3, -0.25) is 0 Å². The summed E-state index contributed by atoms with van der Waals surface area (Å²) >= 11 is 0. The van der Waals surface area contributed by atoms with Gasteiger partial charge in [-0.25, -0.2) is 0 Å². The molecule has 4 N–H and O–H groups in total. The highest BCUT2D eigenvalue weighted by Crippen LogP contribution is 2.18. The number of β-amino-alcohol motifs (C(OH)–C–C–N with tert-alkyl or cyclic N) is 1. The fourth-order valence-corrected chi connectivity index (χ4v) is 1.15. The van der Waals surface area contributed by atoms with Crippen LogP contribution in [-0.4, -0.2) is 46.2 Å². The van der Waals surface area contributed by atoms with Gasteiger partial charge in [0.1, 0.15) is 11.7 Å². The molecule has 3 atom stereocenters. The van der Waals surface area contributed by atoms with Crippen molar-refractivity contribution in [1.29, 1.82) is 0 Å². The predicted octanol–water partition coefficient (Wildman–Crippen LogP) is -1.94. The Balaban J connectivity index is 2.58. The molecule has 0 saturated carbocycles. The Kier molecular flexibility index (Phi) is 1.96. The van der Waals surface area contributed by atoms with E-state index < -0.39 is 11.7 Å². The van der Waals surface area contributed by atoms with Gasteiger partial charge in [-0.15, -0.1) is 0 Å². The molecular formula is C6H13NO3. The van der Waals surface area contributed by atoms with Crippen LogP contribution in [0.4, 0.5) is 0 Å². The molecule has 0 aromatic heterocycles. The lowest BCUT2D eigenvalue weighted by Crippen LogP contribution is -2.42. The van der Waals surface area contributed by atoms with Gasteiger partial charge in [0.2, 0.25) is 0 Å². The van der Waals surface area contributed by atoms with Gasteiger partial charge in [-0.1, -0.05) is 0 Å².